The molecule has 0 aromatic carbocycles. The fourth-order valence-electron chi connectivity index (χ4n) is 2.48. The van der Waals surface area contributed by atoms with Gasteiger partial charge in [-0.2, -0.15) is 0 Å². The number of likely N-dealkylation sites (tertiary alicyclic amines) is 1. The maximum Gasteiger partial charge on any atom is 0.221 e. The standard InChI is InChI=1S/C14H20N2O2S/c1-9-3-5-11(14(15)18)7-16(9)8-12(17)13-6-4-10(2)19-13/h4,6,9,11H,3,5,7-8H2,1-2H3,(H2,15,18). The second-order valence-electron chi connectivity index (χ2n) is 5.29. The average molecular weight is 280 g/mol. The van der Waals surface area contributed by atoms with E-state index in [-0.39, 0.29) is 17.6 Å². The number of ketones is 1. The fraction of sp³-hybridized carbons (Fsp3) is 0.571. The number of aryl methyl sites for hydroxylation is 1. The minimum absolute atomic E-state index is 0.117. The van der Waals surface area contributed by atoms with Crippen LogP contribution in [0.4, 0.5) is 0 Å². The molecule has 0 spiro atoms. The van der Waals surface area contributed by atoms with Crippen molar-refractivity contribution in [2.24, 2.45) is 11.7 Å². The molecule has 1 fully saturated rings. The van der Waals surface area contributed by atoms with E-state index in [9.17, 15) is 9.59 Å². The molecule has 1 aromatic heterocycles. The molecular weight excluding hydrogens is 260 g/mol. The summed E-state index contributed by atoms with van der Waals surface area (Å²) in [6.45, 7) is 5.08. The number of carbonyl (C=O) groups is 2. The first kappa shape index (κ1) is 14.2. The van der Waals surface area contributed by atoms with Gasteiger partial charge in [0.2, 0.25) is 5.91 Å². The van der Waals surface area contributed by atoms with Crippen LogP contribution in [0, 0.1) is 12.8 Å². The Kier molecular flexibility index (Phi) is 4.37. The lowest BCUT2D eigenvalue weighted by Gasteiger charge is -2.36. The van der Waals surface area contributed by atoms with Crippen LogP contribution in [0.15, 0.2) is 12.1 Å². The molecule has 2 unspecified atom stereocenters. The van der Waals surface area contributed by atoms with Gasteiger partial charge in [0.05, 0.1) is 17.3 Å². The van der Waals surface area contributed by atoms with Crippen LogP contribution in [0.25, 0.3) is 0 Å². The monoisotopic (exact) mass is 280 g/mol. The number of primary amides is 1. The molecule has 0 bridgehead atoms. The third kappa shape index (κ3) is 3.42. The zero-order valence-corrected chi connectivity index (χ0v) is 12.2. The van der Waals surface area contributed by atoms with Crippen molar-refractivity contribution in [2.45, 2.75) is 32.7 Å². The molecule has 0 radical (unpaired) electrons. The van der Waals surface area contributed by atoms with Crippen molar-refractivity contribution in [3.05, 3.63) is 21.9 Å². The number of piperidine rings is 1. The van der Waals surface area contributed by atoms with Crippen molar-refractivity contribution in [1.82, 2.24) is 4.90 Å². The van der Waals surface area contributed by atoms with Gasteiger partial charge >= 0.3 is 0 Å². The van der Waals surface area contributed by atoms with E-state index < -0.39 is 0 Å². The normalized spacial score (nSPS) is 24.3. The number of Topliss-reactive ketones (excluding diaryl/α,β-unsaturated/α-hetero) is 1. The summed E-state index contributed by atoms with van der Waals surface area (Å²) in [6, 6.07) is 4.17. The summed E-state index contributed by atoms with van der Waals surface area (Å²) < 4.78 is 0. The quantitative estimate of drug-likeness (QED) is 0.856. The zero-order valence-electron chi connectivity index (χ0n) is 11.4. The number of amides is 1. The van der Waals surface area contributed by atoms with Crippen LogP contribution in [-0.4, -0.2) is 35.7 Å². The lowest BCUT2D eigenvalue weighted by Crippen LogP contribution is -2.47. The average Bonchev–Trinajstić information content (AvgIpc) is 2.78. The molecule has 2 rings (SSSR count). The largest absolute Gasteiger partial charge is 0.369 e. The SMILES string of the molecule is Cc1ccc(C(=O)CN2CC(C(N)=O)CCC2C)s1. The Morgan fingerprint density at radius 1 is 1.42 bits per heavy atom. The van der Waals surface area contributed by atoms with Crippen LogP contribution < -0.4 is 5.73 Å². The fourth-order valence-corrected chi connectivity index (χ4v) is 3.28. The summed E-state index contributed by atoms with van der Waals surface area (Å²) in [5, 5.41) is 0. The Labute approximate surface area is 117 Å². The number of hydrogen-bond acceptors (Lipinski definition) is 4. The van der Waals surface area contributed by atoms with Crippen molar-refractivity contribution in [2.75, 3.05) is 13.1 Å². The molecule has 0 saturated carbocycles. The lowest BCUT2D eigenvalue weighted by atomic mass is 9.93. The number of carbonyl (C=O) groups excluding carboxylic acids is 2. The summed E-state index contributed by atoms with van der Waals surface area (Å²) in [6.07, 6.45) is 1.75. The minimum atomic E-state index is -0.253. The molecule has 104 valence electrons. The number of hydrogen-bond donors (Lipinski definition) is 1. The van der Waals surface area contributed by atoms with Crippen molar-refractivity contribution in [1.29, 1.82) is 0 Å². The number of thiophene rings is 1. The van der Waals surface area contributed by atoms with Crippen LogP contribution >= 0.6 is 11.3 Å². The maximum atomic E-state index is 12.2. The van der Waals surface area contributed by atoms with Gasteiger partial charge in [-0.05, 0) is 38.8 Å². The van der Waals surface area contributed by atoms with Crippen LogP contribution in [-0.2, 0) is 4.79 Å². The van der Waals surface area contributed by atoms with Gasteiger partial charge in [0.25, 0.3) is 0 Å². The van der Waals surface area contributed by atoms with Gasteiger partial charge < -0.3 is 5.73 Å². The summed E-state index contributed by atoms with van der Waals surface area (Å²) in [5.74, 6) is -0.236. The molecule has 1 aliphatic heterocycles. The predicted molar refractivity (Wildman–Crippen MR) is 76.3 cm³/mol. The van der Waals surface area contributed by atoms with Gasteiger partial charge in [-0.3, -0.25) is 14.5 Å². The molecule has 0 aliphatic carbocycles. The van der Waals surface area contributed by atoms with E-state index in [1.54, 1.807) is 0 Å². The molecule has 2 N–H and O–H groups in total. The molecular formula is C14H20N2O2S. The first-order valence-corrected chi connectivity index (χ1v) is 7.42. The molecule has 4 nitrogen and oxygen atoms in total. The lowest BCUT2D eigenvalue weighted by molar-refractivity contribution is -0.123. The van der Waals surface area contributed by atoms with Crippen LogP contribution in [0.3, 0.4) is 0 Å². The smallest absolute Gasteiger partial charge is 0.221 e. The van der Waals surface area contributed by atoms with E-state index in [0.717, 1.165) is 22.6 Å². The third-order valence-electron chi connectivity index (χ3n) is 3.78. The highest BCUT2D eigenvalue weighted by Gasteiger charge is 2.29. The van der Waals surface area contributed by atoms with Crippen LogP contribution in [0.2, 0.25) is 0 Å². The van der Waals surface area contributed by atoms with E-state index in [2.05, 4.69) is 11.8 Å². The Morgan fingerprint density at radius 3 is 2.74 bits per heavy atom. The third-order valence-corrected chi connectivity index (χ3v) is 4.82. The number of rotatable bonds is 4. The first-order valence-electron chi connectivity index (χ1n) is 6.60. The zero-order chi connectivity index (χ0) is 14.0. The predicted octanol–water partition coefficient (Wildman–Crippen LogP) is 1.83. The highest BCUT2D eigenvalue weighted by atomic mass is 32.1. The summed E-state index contributed by atoms with van der Waals surface area (Å²) in [7, 11) is 0. The van der Waals surface area contributed by atoms with Gasteiger partial charge in [-0.15, -0.1) is 11.3 Å². The molecule has 2 atom stereocenters. The van der Waals surface area contributed by atoms with Crippen molar-refractivity contribution < 1.29 is 9.59 Å². The molecule has 1 saturated heterocycles. The Hall–Kier alpha value is -1.20. The van der Waals surface area contributed by atoms with Crippen molar-refractivity contribution >= 4 is 23.0 Å². The molecule has 1 aliphatic rings. The van der Waals surface area contributed by atoms with E-state index >= 15 is 0 Å². The van der Waals surface area contributed by atoms with E-state index in [1.807, 2.05) is 19.1 Å². The highest BCUT2D eigenvalue weighted by Crippen LogP contribution is 2.23. The highest BCUT2D eigenvalue weighted by molar-refractivity contribution is 7.14. The molecule has 19 heavy (non-hydrogen) atoms. The molecule has 5 heteroatoms. The molecule has 1 amide bonds. The van der Waals surface area contributed by atoms with Crippen LogP contribution in [0.5, 0.6) is 0 Å². The second kappa shape index (κ2) is 5.84. The van der Waals surface area contributed by atoms with E-state index in [0.29, 0.717) is 19.1 Å². The van der Waals surface area contributed by atoms with E-state index in [4.69, 9.17) is 5.73 Å². The number of nitrogens with two attached hydrogens (primary N) is 1. The van der Waals surface area contributed by atoms with Gasteiger partial charge in [-0.1, -0.05) is 0 Å². The van der Waals surface area contributed by atoms with Gasteiger partial charge in [-0.25, -0.2) is 0 Å². The topological polar surface area (TPSA) is 63.4 Å². The summed E-state index contributed by atoms with van der Waals surface area (Å²) >= 11 is 1.52. The Morgan fingerprint density at radius 2 is 2.16 bits per heavy atom. The minimum Gasteiger partial charge on any atom is -0.369 e. The first-order chi connectivity index (χ1) is 8.97. The van der Waals surface area contributed by atoms with Gasteiger partial charge in [0, 0.05) is 17.5 Å². The van der Waals surface area contributed by atoms with E-state index in [1.165, 1.54) is 11.3 Å². The van der Waals surface area contributed by atoms with Crippen molar-refractivity contribution in [3.63, 3.8) is 0 Å². The summed E-state index contributed by atoms with van der Waals surface area (Å²) in [4.78, 5) is 27.5. The van der Waals surface area contributed by atoms with Gasteiger partial charge in [0.1, 0.15) is 0 Å². The molecule has 1 aromatic rings. The Balaban J connectivity index is 2.00. The molecule has 2 heterocycles. The Bertz CT molecular complexity index is 484. The summed E-state index contributed by atoms with van der Waals surface area (Å²) in [5.41, 5.74) is 5.37. The number of nitrogens with zero attached hydrogens (tertiary/aromatic N) is 1. The van der Waals surface area contributed by atoms with Crippen molar-refractivity contribution in [3.8, 4) is 0 Å². The van der Waals surface area contributed by atoms with Crippen LogP contribution in [0.1, 0.15) is 34.3 Å². The second-order valence-corrected chi connectivity index (χ2v) is 6.58. The maximum absolute atomic E-state index is 12.2. The van der Waals surface area contributed by atoms with Gasteiger partial charge in [0.15, 0.2) is 5.78 Å².